The van der Waals surface area contributed by atoms with E-state index >= 15 is 0 Å². The first kappa shape index (κ1) is 18.4. The molecule has 0 aliphatic heterocycles. The van der Waals surface area contributed by atoms with Gasteiger partial charge in [-0.2, -0.15) is 0 Å². The lowest BCUT2D eigenvalue weighted by molar-refractivity contribution is -0.119. The van der Waals surface area contributed by atoms with Crippen molar-refractivity contribution in [2.75, 3.05) is 0 Å². The second kappa shape index (κ2) is 7.60. The summed E-state index contributed by atoms with van der Waals surface area (Å²) in [7, 11) is 0. The molecular formula is C21H22N2O2S2. The molecule has 0 amide bonds. The maximum atomic E-state index is 13.3. The lowest BCUT2D eigenvalue weighted by Crippen LogP contribution is -2.27. The molecule has 1 aromatic carbocycles. The molecule has 4 nitrogen and oxygen atoms in total. The van der Waals surface area contributed by atoms with Crippen LogP contribution >= 0.6 is 23.1 Å². The van der Waals surface area contributed by atoms with Crippen LogP contribution in [-0.4, -0.2) is 20.6 Å². The largest absolute Gasteiger partial charge is 0.298 e. The number of hydrogen-bond acceptors (Lipinski definition) is 5. The summed E-state index contributed by atoms with van der Waals surface area (Å²) in [5, 5.41) is 1.29. The molecule has 1 fully saturated rings. The highest BCUT2D eigenvalue weighted by Gasteiger charge is 2.26. The minimum Gasteiger partial charge on any atom is -0.298 e. The third-order valence-corrected chi connectivity index (χ3v) is 7.59. The van der Waals surface area contributed by atoms with Crippen LogP contribution in [0.5, 0.6) is 0 Å². The highest BCUT2D eigenvalue weighted by atomic mass is 32.2. The van der Waals surface area contributed by atoms with Crippen molar-refractivity contribution in [3.63, 3.8) is 0 Å². The summed E-state index contributed by atoms with van der Waals surface area (Å²) >= 11 is 3.03. The van der Waals surface area contributed by atoms with Crippen molar-refractivity contribution in [2.24, 2.45) is 0 Å². The monoisotopic (exact) mass is 398 g/mol. The summed E-state index contributed by atoms with van der Waals surface area (Å²) in [5.41, 5.74) is 2.07. The van der Waals surface area contributed by atoms with Crippen molar-refractivity contribution in [1.29, 1.82) is 0 Å². The van der Waals surface area contributed by atoms with E-state index in [4.69, 9.17) is 4.98 Å². The van der Waals surface area contributed by atoms with Gasteiger partial charge in [-0.25, -0.2) is 4.98 Å². The SMILES string of the molecule is Cc1sc2nc(S[C@H]3CCCCC3=O)n(Cc3ccccc3)c(=O)c2c1C. The number of Topliss-reactive ketones (excluding diaryl/α,β-unsaturated/α-hetero) is 1. The van der Waals surface area contributed by atoms with Crippen LogP contribution in [0.25, 0.3) is 10.2 Å². The highest BCUT2D eigenvalue weighted by molar-refractivity contribution is 8.00. The zero-order valence-corrected chi connectivity index (χ0v) is 17.2. The molecule has 4 rings (SSSR count). The maximum absolute atomic E-state index is 13.3. The average molecular weight is 399 g/mol. The van der Waals surface area contributed by atoms with Crippen LogP contribution in [0.1, 0.15) is 41.7 Å². The van der Waals surface area contributed by atoms with Crippen LogP contribution in [0, 0.1) is 13.8 Å². The number of thiophene rings is 1. The van der Waals surface area contributed by atoms with Crippen molar-refractivity contribution in [1.82, 2.24) is 9.55 Å². The number of aryl methyl sites for hydroxylation is 2. The second-order valence-electron chi connectivity index (χ2n) is 7.05. The molecule has 1 aliphatic rings. The Morgan fingerprint density at radius 2 is 1.96 bits per heavy atom. The van der Waals surface area contributed by atoms with Crippen molar-refractivity contribution in [2.45, 2.75) is 56.5 Å². The molecule has 1 saturated carbocycles. The lowest BCUT2D eigenvalue weighted by atomic mass is 9.99. The van der Waals surface area contributed by atoms with E-state index in [1.807, 2.05) is 44.2 Å². The van der Waals surface area contributed by atoms with Gasteiger partial charge in [0.05, 0.1) is 17.2 Å². The van der Waals surface area contributed by atoms with Gasteiger partial charge < -0.3 is 0 Å². The van der Waals surface area contributed by atoms with Gasteiger partial charge in [0.15, 0.2) is 5.16 Å². The number of thioether (sulfide) groups is 1. The Bertz CT molecular complexity index is 1050. The Morgan fingerprint density at radius 1 is 1.19 bits per heavy atom. The smallest absolute Gasteiger partial charge is 0.263 e. The number of nitrogens with zero attached hydrogens (tertiary/aromatic N) is 2. The highest BCUT2D eigenvalue weighted by Crippen LogP contribution is 2.33. The summed E-state index contributed by atoms with van der Waals surface area (Å²) in [6.45, 7) is 4.49. The Labute approximate surface area is 166 Å². The Kier molecular flexibility index (Phi) is 5.19. The first-order valence-electron chi connectivity index (χ1n) is 9.28. The topological polar surface area (TPSA) is 52.0 Å². The first-order chi connectivity index (χ1) is 13.0. The Morgan fingerprint density at radius 3 is 2.70 bits per heavy atom. The number of hydrogen-bond donors (Lipinski definition) is 0. The summed E-state index contributed by atoms with van der Waals surface area (Å²) < 4.78 is 1.75. The number of aromatic nitrogens is 2. The molecule has 0 spiro atoms. The number of carbonyl (C=O) groups is 1. The fourth-order valence-corrected chi connectivity index (χ4v) is 5.79. The van der Waals surface area contributed by atoms with Gasteiger partial charge in [-0.1, -0.05) is 48.5 Å². The molecule has 0 saturated heterocycles. The van der Waals surface area contributed by atoms with E-state index in [0.717, 1.165) is 40.1 Å². The number of fused-ring (bicyclic) bond motifs is 1. The minimum absolute atomic E-state index is 0.00328. The zero-order valence-electron chi connectivity index (χ0n) is 15.5. The van der Waals surface area contributed by atoms with Crippen molar-refractivity contribution < 1.29 is 4.79 Å². The van der Waals surface area contributed by atoms with Crippen LogP contribution < -0.4 is 5.56 Å². The number of rotatable bonds is 4. The van der Waals surface area contributed by atoms with E-state index in [1.54, 1.807) is 15.9 Å². The molecule has 0 bridgehead atoms. The van der Waals surface area contributed by atoms with E-state index in [9.17, 15) is 9.59 Å². The minimum atomic E-state index is -0.0905. The predicted octanol–water partition coefficient (Wildman–Crippen LogP) is 4.73. The van der Waals surface area contributed by atoms with Crippen LogP contribution in [0.4, 0.5) is 0 Å². The molecule has 6 heteroatoms. The summed E-state index contributed by atoms with van der Waals surface area (Å²) in [5.74, 6) is 0.283. The summed E-state index contributed by atoms with van der Waals surface area (Å²) in [6.07, 6.45) is 3.54. The molecule has 2 heterocycles. The van der Waals surface area contributed by atoms with Gasteiger partial charge in [0, 0.05) is 11.3 Å². The van der Waals surface area contributed by atoms with E-state index in [1.165, 1.54) is 11.8 Å². The van der Waals surface area contributed by atoms with Gasteiger partial charge in [-0.3, -0.25) is 14.2 Å². The molecule has 3 aromatic rings. The second-order valence-corrected chi connectivity index (χ2v) is 9.43. The zero-order chi connectivity index (χ0) is 19.0. The number of benzene rings is 1. The van der Waals surface area contributed by atoms with Gasteiger partial charge >= 0.3 is 0 Å². The maximum Gasteiger partial charge on any atom is 0.263 e. The fraction of sp³-hybridized carbons (Fsp3) is 0.381. The van der Waals surface area contributed by atoms with Gasteiger partial charge in [0.2, 0.25) is 0 Å². The van der Waals surface area contributed by atoms with E-state index < -0.39 is 0 Å². The quantitative estimate of drug-likeness (QED) is 0.596. The molecule has 0 N–H and O–H groups in total. The normalized spacial score (nSPS) is 17.6. The number of carbonyl (C=O) groups excluding carboxylic acids is 1. The average Bonchev–Trinajstić information content (AvgIpc) is 2.95. The van der Waals surface area contributed by atoms with Gasteiger partial charge in [-0.15, -0.1) is 11.3 Å². The standard InChI is InChI=1S/C21H22N2O2S2/c1-13-14(2)26-19-18(13)20(25)23(12-15-8-4-3-5-9-15)21(22-19)27-17-11-7-6-10-16(17)24/h3-5,8-9,17H,6-7,10-12H2,1-2H3/t17-/m0/s1. The van der Waals surface area contributed by atoms with Crippen molar-refractivity contribution in [3.8, 4) is 0 Å². The van der Waals surface area contributed by atoms with Crippen LogP contribution in [-0.2, 0) is 11.3 Å². The molecule has 27 heavy (non-hydrogen) atoms. The lowest BCUT2D eigenvalue weighted by Gasteiger charge is -2.21. The molecule has 140 valence electrons. The van der Waals surface area contributed by atoms with Gasteiger partial charge in [0.1, 0.15) is 10.6 Å². The molecule has 2 aromatic heterocycles. The van der Waals surface area contributed by atoms with E-state index in [0.29, 0.717) is 23.5 Å². The van der Waals surface area contributed by atoms with Crippen LogP contribution in [0.2, 0.25) is 0 Å². The van der Waals surface area contributed by atoms with Crippen molar-refractivity contribution >= 4 is 39.1 Å². The molecule has 0 unspecified atom stereocenters. The van der Waals surface area contributed by atoms with E-state index in [-0.39, 0.29) is 16.6 Å². The van der Waals surface area contributed by atoms with Crippen molar-refractivity contribution in [3.05, 3.63) is 56.7 Å². The summed E-state index contributed by atoms with van der Waals surface area (Å²) in [4.78, 5) is 32.4. The third-order valence-electron chi connectivity index (χ3n) is 5.18. The number of ketones is 1. The van der Waals surface area contributed by atoms with Crippen LogP contribution in [0.15, 0.2) is 40.3 Å². The Hall–Kier alpha value is -1.92. The molecule has 1 atom stereocenters. The molecule has 1 aliphatic carbocycles. The first-order valence-corrected chi connectivity index (χ1v) is 11.0. The third kappa shape index (κ3) is 3.60. The van der Waals surface area contributed by atoms with Crippen LogP contribution in [0.3, 0.4) is 0 Å². The van der Waals surface area contributed by atoms with E-state index in [2.05, 4.69) is 0 Å². The fourth-order valence-electron chi connectivity index (χ4n) is 3.51. The molecular weight excluding hydrogens is 376 g/mol. The predicted molar refractivity (Wildman–Crippen MR) is 112 cm³/mol. The molecule has 0 radical (unpaired) electrons. The summed E-state index contributed by atoms with van der Waals surface area (Å²) in [6, 6.07) is 9.95. The van der Waals surface area contributed by atoms with Gasteiger partial charge in [-0.05, 0) is 37.8 Å². The van der Waals surface area contributed by atoms with Gasteiger partial charge in [0.25, 0.3) is 5.56 Å². The Balaban J connectivity index is 1.83.